The zero-order chi connectivity index (χ0) is 23.5. The molecule has 0 radical (unpaired) electrons. The van der Waals surface area contributed by atoms with Crippen LogP contribution in [0.25, 0.3) is 11.4 Å². The third-order valence-electron chi connectivity index (χ3n) is 4.67. The van der Waals surface area contributed by atoms with Crippen LogP contribution in [0.1, 0.15) is 24.1 Å². The van der Waals surface area contributed by atoms with Crippen molar-refractivity contribution in [3.63, 3.8) is 0 Å². The quantitative estimate of drug-likeness (QED) is 0.503. The number of halogens is 3. The van der Waals surface area contributed by atoms with E-state index in [2.05, 4.69) is 20.4 Å². The predicted molar refractivity (Wildman–Crippen MR) is 119 cm³/mol. The fourth-order valence-electron chi connectivity index (χ4n) is 3.04. The van der Waals surface area contributed by atoms with Crippen LogP contribution in [-0.4, -0.2) is 44.7 Å². The molecule has 1 amide bonds. The van der Waals surface area contributed by atoms with E-state index in [4.69, 9.17) is 0 Å². The topological polar surface area (TPSA) is 75.9 Å². The molecule has 3 rings (SSSR count). The molecule has 32 heavy (non-hydrogen) atoms. The number of aromatic nitrogens is 4. The summed E-state index contributed by atoms with van der Waals surface area (Å²) in [5, 5.41) is 7.29. The van der Waals surface area contributed by atoms with E-state index in [1.807, 2.05) is 13.0 Å². The zero-order valence-electron chi connectivity index (χ0n) is 17.9. The fraction of sp³-hybridized carbons (Fsp3) is 0.333. The van der Waals surface area contributed by atoms with Crippen LogP contribution in [0.3, 0.4) is 0 Å². The monoisotopic (exact) mass is 464 g/mol. The van der Waals surface area contributed by atoms with Crippen LogP contribution in [0.4, 0.5) is 24.8 Å². The molecule has 1 unspecified atom stereocenters. The Kier molecular flexibility index (Phi) is 7.13. The van der Waals surface area contributed by atoms with Crippen LogP contribution in [0.2, 0.25) is 0 Å². The number of nitrogens with zero attached hydrogens (tertiary/aromatic N) is 5. The Morgan fingerprint density at radius 2 is 2.00 bits per heavy atom. The summed E-state index contributed by atoms with van der Waals surface area (Å²) in [7, 11) is 4.72. The van der Waals surface area contributed by atoms with Crippen LogP contribution in [0.15, 0.2) is 36.5 Å². The highest BCUT2D eigenvalue weighted by molar-refractivity contribution is 7.17. The normalized spacial score (nSPS) is 11.5. The molecule has 1 atom stereocenters. The van der Waals surface area contributed by atoms with Gasteiger partial charge in [-0.1, -0.05) is 9.24 Å². The van der Waals surface area contributed by atoms with E-state index in [0.29, 0.717) is 25.2 Å². The van der Waals surface area contributed by atoms with E-state index in [-0.39, 0.29) is 17.5 Å². The number of amides is 1. The number of anilines is 2. The number of aryl methyl sites for hydroxylation is 2. The molecule has 2 aromatic heterocycles. The molecule has 2 heterocycles. The van der Waals surface area contributed by atoms with Crippen molar-refractivity contribution in [1.82, 2.24) is 24.6 Å². The van der Waals surface area contributed by atoms with Crippen molar-refractivity contribution >= 4 is 26.8 Å². The van der Waals surface area contributed by atoms with Gasteiger partial charge >= 0.3 is 0 Å². The number of alkyl halides is 2. The van der Waals surface area contributed by atoms with Crippen molar-refractivity contribution < 1.29 is 18.0 Å². The van der Waals surface area contributed by atoms with Gasteiger partial charge in [0.15, 0.2) is 5.82 Å². The molecule has 3 aromatic rings. The number of pyridine rings is 1. The molecule has 0 aliphatic heterocycles. The molecule has 0 fully saturated rings. The minimum Gasteiger partial charge on any atom is -0.349 e. The van der Waals surface area contributed by atoms with Gasteiger partial charge in [-0.3, -0.25) is 9.78 Å². The third kappa shape index (κ3) is 5.82. The summed E-state index contributed by atoms with van der Waals surface area (Å²) < 4.78 is 42.7. The van der Waals surface area contributed by atoms with Gasteiger partial charge in [0.1, 0.15) is 5.82 Å². The maximum Gasteiger partial charge on any atom is 0.286 e. The summed E-state index contributed by atoms with van der Waals surface area (Å²) >= 11 is 0. The van der Waals surface area contributed by atoms with Crippen LogP contribution in [-0.2, 0) is 17.0 Å². The highest BCUT2D eigenvalue weighted by Gasteiger charge is 2.28. The van der Waals surface area contributed by atoms with E-state index in [1.54, 1.807) is 31.0 Å². The summed E-state index contributed by atoms with van der Waals surface area (Å²) in [5.74, 6) is -0.304. The summed E-state index contributed by atoms with van der Waals surface area (Å²) in [6.07, 6.45) is 2.53. The highest BCUT2D eigenvalue weighted by Crippen LogP contribution is 2.37. The molecule has 170 valence electrons. The summed E-state index contributed by atoms with van der Waals surface area (Å²) in [4.78, 5) is 22.1. The first-order valence-electron chi connectivity index (χ1n) is 9.86. The maximum absolute atomic E-state index is 13.8. The maximum atomic E-state index is 13.8. The first-order valence-corrected chi connectivity index (χ1v) is 10.4. The van der Waals surface area contributed by atoms with Crippen molar-refractivity contribution in [1.29, 1.82) is 0 Å². The lowest BCUT2D eigenvalue weighted by Gasteiger charge is -2.13. The van der Waals surface area contributed by atoms with Gasteiger partial charge in [-0.25, -0.2) is 9.07 Å². The van der Waals surface area contributed by atoms with Crippen LogP contribution in [0, 0.1) is 12.7 Å². The highest BCUT2D eigenvalue weighted by atomic mass is 31.0. The van der Waals surface area contributed by atoms with Crippen molar-refractivity contribution in [2.75, 3.05) is 19.4 Å². The van der Waals surface area contributed by atoms with Crippen molar-refractivity contribution in [3.05, 3.63) is 53.6 Å². The van der Waals surface area contributed by atoms with E-state index in [9.17, 15) is 18.0 Å². The molecule has 11 heteroatoms. The van der Waals surface area contributed by atoms with Gasteiger partial charge in [0.2, 0.25) is 11.9 Å². The first-order chi connectivity index (χ1) is 15.0. The average molecular weight is 464 g/mol. The molecule has 0 aliphatic rings. The van der Waals surface area contributed by atoms with Crippen LogP contribution >= 0.6 is 9.24 Å². The molecule has 7 nitrogen and oxygen atoms in total. The van der Waals surface area contributed by atoms with E-state index >= 15 is 0 Å². The second kappa shape index (κ2) is 9.65. The summed E-state index contributed by atoms with van der Waals surface area (Å²) in [5.41, 5.74) is -2.37. The number of carbonyl (C=O) groups is 1. The molecular formula is C21H24F3N6OP. The third-order valence-corrected chi connectivity index (χ3v) is 4.98. The van der Waals surface area contributed by atoms with Crippen LogP contribution in [0.5, 0.6) is 0 Å². The molecular weight excluding hydrogens is 440 g/mol. The molecule has 1 aromatic carbocycles. The molecule has 1 N–H and O–H groups in total. The molecule has 0 spiro atoms. The first kappa shape index (κ1) is 23.7. The lowest BCUT2D eigenvalue weighted by molar-refractivity contribution is -0.128. The molecule has 0 saturated heterocycles. The number of carbonyl (C=O) groups excluding carboxylic acids is 1. The molecule has 0 saturated carbocycles. The Hall–Kier alpha value is -3.00. The average Bonchev–Trinajstić information content (AvgIpc) is 3.11. The van der Waals surface area contributed by atoms with Crippen molar-refractivity contribution in [2.24, 2.45) is 0 Å². The van der Waals surface area contributed by atoms with Crippen molar-refractivity contribution in [3.8, 4) is 11.4 Å². The summed E-state index contributed by atoms with van der Waals surface area (Å²) in [6, 6.07) is 6.96. The minimum absolute atomic E-state index is 0.00183. The molecule has 0 bridgehead atoms. The SMILES string of the molecule is Cc1cc(-c2nc(Nc3ccc(F)c(C(F)(F)P)c3)nn2CCCC(=O)N(C)C)ccn1. The van der Waals surface area contributed by atoms with Gasteiger partial charge in [0.25, 0.3) is 5.66 Å². The van der Waals surface area contributed by atoms with E-state index < -0.39 is 17.0 Å². The predicted octanol–water partition coefficient (Wildman–Crippen LogP) is 4.32. The van der Waals surface area contributed by atoms with Gasteiger partial charge in [-0.15, -0.1) is 5.10 Å². The number of benzene rings is 1. The Balaban J connectivity index is 1.89. The number of hydrogen-bond donors (Lipinski definition) is 1. The van der Waals surface area contributed by atoms with E-state index in [0.717, 1.165) is 23.4 Å². The molecule has 0 aliphatic carbocycles. The Morgan fingerprint density at radius 1 is 1.25 bits per heavy atom. The second-order valence-corrected chi connectivity index (χ2v) is 8.23. The minimum atomic E-state index is -3.41. The lowest BCUT2D eigenvalue weighted by Crippen LogP contribution is -2.21. The van der Waals surface area contributed by atoms with Crippen molar-refractivity contribution in [2.45, 2.75) is 32.0 Å². The smallest absolute Gasteiger partial charge is 0.286 e. The fourth-order valence-corrected chi connectivity index (χ4v) is 3.26. The number of nitrogens with one attached hydrogen (secondary N) is 1. The summed E-state index contributed by atoms with van der Waals surface area (Å²) in [6.45, 7) is 2.27. The number of hydrogen-bond acceptors (Lipinski definition) is 5. The largest absolute Gasteiger partial charge is 0.349 e. The Morgan fingerprint density at radius 3 is 2.66 bits per heavy atom. The Labute approximate surface area is 186 Å². The number of rotatable bonds is 8. The standard InChI is InChI=1S/C21H24F3N6OP/c1-13-11-14(8-9-25-13)19-27-20(28-30(19)10-4-5-18(31)29(2)3)26-15-6-7-17(22)16(12-15)21(23,24)32/h6-9,11-12H,4-5,10,32H2,1-3H3,(H,26,28). The lowest BCUT2D eigenvalue weighted by atomic mass is 10.2. The van der Waals surface area contributed by atoms with Gasteiger partial charge in [0, 0.05) is 50.2 Å². The van der Waals surface area contributed by atoms with Crippen LogP contribution < -0.4 is 5.32 Å². The second-order valence-electron chi connectivity index (χ2n) is 7.50. The van der Waals surface area contributed by atoms with E-state index in [1.165, 1.54) is 20.2 Å². The van der Waals surface area contributed by atoms with Gasteiger partial charge < -0.3 is 10.2 Å². The zero-order valence-corrected chi connectivity index (χ0v) is 19.1. The van der Waals surface area contributed by atoms with Gasteiger partial charge in [-0.2, -0.15) is 13.8 Å². The van der Waals surface area contributed by atoms with Gasteiger partial charge in [0.05, 0.1) is 5.56 Å². The Bertz CT molecular complexity index is 1110. The van der Waals surface area contributed by atoms with Gasteiger partial charge in [-0.05, 0) is 43.7 Å².